The Balaban J connectivity index is 2.75. The lowest BCUT2D eigenvalue weighted by Crippen LogP contribution is -1.97. The molecule has 1 heterocycles. The van der Waals surface area contributed by atoms with E-state index in [0.29, 0.717) is 10.8 Å². The standard InChI is InChI=1S/C9H13ClN2/c1-2-3-4-7-5-8(10)6-12-9(7)11/h5-6H,2-4H2,1H3,(H2,11,12). The van der Waals surface area contributed by atoms with E-state index >= 15 is 0 Å². The van der Waals surface area contributed by atoms with Crippen molar-refractivity contribution in [2.24, 2.45) is 0 Å². The average molecular weight is 185 g/mol. The van der Waals surface area contributed by atoms with Crippen molar-refractivity contribution in [3.05, 3.63) is 22.8 Å². The average Bonchev–Trinajstić information content (AvgIpc) is 2.07. The first-order chi connectivity index (χ1) is 5.74. The maximum Gasteiger partial charge on any atom is 0.126 e. The van der Waals surface area contributed by atoms with Gasteiger partial charge >= 0.3 is 0 Å². The van der Waals surface area contributed by atoms with Crippen LogP contribution in [0.3, 0.4) is 0 Å². The van der Waals surface area contributed by atoms with E-state index in [9.17, 15) is 0 Å². The van der Waals surface area contributed by atoms with Gasteiger partial charge in [0.1, 0.15) is 5.82 Å². The fraction of sp³-hybridized carbons (Fsp3) is 0.444. The Bertz CT molecular complexity index is 261. The molecule has 1 rings (SSSR count). The van der Waals surface area contributed by atoms with Gasteiger partial charge in [-0.05, 0) is 24.5 Å². The van der Waals surface area contributed by atoms with Gasteiger partial charge in [0.05, 0.1) is 5.02 Å². The summed E-state index contributed by atoms with van der Waals surface area (Å²) in [5, 5.41) is 0.662. The van der Waals surface area contributed by atoms with Crippen LogP contribution in [0, 0.1) is 0 Å². The lowest BCUT2D eigenvalue weighted by Gasteiger charge is -2.03. The van der Waals surface area contributed by atoms with Crippen LogP contribution in [-0.2, 0) is 6.42 Å². The molecule has 0 aliphatic carbocycles. The zero-order valence-electron chi connectivity index (χ0n) is 7.18. The van der Waals surface area contributed by atoms with Gasteiger partial charge in [-0.3, -0.25) is 0 Å². The number of nitrogens with zero attached hydrogens (tertiary/aromatic N) is 1. The van der Waals surface area contributed by atoms with Gasteiger partial charge in [0, 0.05) is 6.20 Å². The molecule has 1 aromatic heterocycles. The summed E-state index contributed by atoms with van der Waals surface area (Å²) in [7, 11) is 0. The van der Waals surface area contributed by atoms with Crippen molar-refractivity contribution >= 4 is 17.4 Å². The fourth-order valence-corrected chi connectivity index (χ4v) is 1.24. The summed E-state index contributed by atoms with van der Waals surface area (Å²) in [4.78, 5) is 3.98. The second-order valence-corrected chi connectivity index (χ2v) is 3.24. The van der Waals surface area contributed by atoms with Crippen LogP contribution in [-0.4, -0.2) is 4.98 Å². The van der Waals surface area contributed by atoms with Crippen LogP contribution in [0.1, 0.15) is 25.3 Å². The van der Waals surface area contributed by atoms with E-state index in [4.69, 9.17) is 17.3 Å². The number of unbranched alkanes of at least 4 members (excludes halogenated alkanes) is 1. The molecule has 0 aromatic carbocycles. The molecule has 2 nitrogen and oxygen atoms in total. The van der Waals surface area contributed by atoms with Gasteiger partial charge in [-0.1, -0.05) is 24.9 Å². The third kappa shape index (κ3) is 2.38. The molecule has 0 unspecified atom stereocenters. The molecule has 3 heteroatoms. The number of hydrogen-bond donors (Lipinski definition) is 1. The van der Waals surface area contributed by atoms with E-state index in [1.54, 1.807) is 6.20 Å². The van der Waals surface area contributed by atoms with Crippen molar-refractivity contribution in [1.29, 1.82) is 0 Å². The molecular formula is C9H13ClN2. The summed E-state index contributed by atoms with van der Waals surface area (Å²) in [6, 6.07) is 1.89. The van der Waals surface area contributed by atoms with Crippen LogP contribution in [0.5, 0.6) is 0 Å². The number of nitrogen functional groups attached to an aromatic ring is 1. The molecular weight excluding hydrogens is 172 g/mol. The number of pyridine rings is 1. The third-order valence-electron chi connectivity index (χ3n) is 1.77. The molecule has 0 aliphatic rings. The van der Waals surface area contributed by atoms with Crippen LogP contribution in [0.2, 0.25) is 5.02 Å². The highest BCUT2D eigenvalue weighted by Crippen LogP contribution is 2.16. The molecule has 12 heavy (non-hydrogen) atoms. The molecule has 66 valence electrons. The van der Waals surface area contributed by atoms with E-state index < -0.39 is 0 Å². The first-order valence-electron chi connectivity index (χ1n) is 4.14. The Kier molecular flexibility index (Phi) is 3.35. The SMILES string of the molecule is CCCCc1cc(Cl)cnc1N. The highest BCUT2D eigenvalue weighted by Gasteiger charge is 2.00. The minimum atomic E-state index is 0.604. The highest BCUT2D eigenvalue weighted by atomic mass is 35.5. The molecule has 0 atom stereocenters. The van der Waals surface area contributed by atoms with E-state index in [1.165, 1.54) is 0 Å². The Labute approximate surface area is 77.8 Å². The van der Waals surface area contributed by atoms with Crippen LogP contribution < -0.4 is 5.73 Å². The number of anilines is 1. The molecule has 1 aromatic rings. The van der Waals surface area contributed by atoms with Crippen molar-refractivity contribution < 1.29 is 0 Å². The van der Waals surface area contributed by atoms with Gasteiger partial charge in [-0.15, -0.1) is 0 Å². The second kappa shape index (κ2) is 4.31. The highest BCUT2D eigenvalue weighted by molar-refractivity contribution is 6.30. The molecule has 0 spiro atoms. The molecule has 0 amide bonds. The van der Waals surface area contributed by atoms with Gasteiger partial charge in [-0.2, -0.15) is 0 Å². The van der Waals surface area contributed by atoms with Crippen molar-refractivity contribution in [3.8, 4) is 0 Å². The van der Waals surface area contributed by atoms with E-state index in [1.807, 2.05) is 6.07 Å². The zero-order chi connectivity index (χ0) is 8.97. The van der Waals surface area contributed by atoms with Crippen LogP contribution in [0.25, 0.3) is 0 Å². The van der Waals surface area contributed by atoms with E-state index in [2.05, 4.69) is 11.9 Å². The molecule has 0 saturated heterocycles. The maximum absolute atomic E-state index is 5.78. The lowest BCUT2D eigenvalue weighted by molar-refractivity contribution is 0.794. The number of aromatic nitrogens is 1. The first kappa shape index (κ1) is 9.33. The quantitative estimate of drug-likeness (QED) is 0.785. The van der Waals surface area contributed by atoms with Crippen molar-refractivity contribution in [2.75, 3.05) is 5.73 Å². The summed E-state index contributed by atoms with van der Waals surface area (Å²) < 4.78 is 0. The topological polar surface area (TPSA) is 38.9 Å². The smallest absolute Gasteiger partial charge is 0.126 e. The summed E-state index contributed by atoms with van der Waals surface area (Å²) in [6.07, 6.45) is 4.83. The van der Waals surface area contributed by atoms with Crippen molar-refractivity contribution in [3.63, 3.8) is 0 Å². The predicted octanol–water partition coefficient (Wildman–Crippen LogP) is 2.66. The Morgan fingerprint density at radius 1 is 1.58 bits per heavy atom. The van der Waals surface area contributed by atoms with Gasteiger partial charge in [-0.25, -0.2) is 4.98 Å². The van der Waals surface area contributed by atoms with Crippen molar-refractivity contribution in [1.82, 2.24) is 4.98 Å². The summed E-state index contributed by atoms with van der Waals surface area (Å²) in [5.41, 5.74) is 6.72. The minimum absolute atomic E-state index is 0.604. The summed E-state index contributed by atoms with van der Waals surface area (Å²) in [5.74, 6) is 0.604. The van der Waals surface area contributed by atoms with E-state index in [0.717, 1.165) is 24.8 Å². The molecule has 0 saturated carbocycles. The monoisotopic (exact) mass is 184 g/mol. The molecule has 0 radical (unpaired) electrons. The predicted molar refractivity (Wildman–Crippen MR) is 52.3 cm³/mol. The summed E-state index contributed by atoms with van der Waals surface area (Å²) in [6.45, 7) is 2.15. The normalized spacial score (nSPS) is 10.2. The largest absolute Gasteiger partial charge is 0.383 e. The second-order valence-electron chi connectivity index (χ2n) is 2.80. The Morgan fingerprint density at radius 2 is 2.33 bits per heavy atom. The number of aryl methyl sites for hydroxylation is 1. The number of nitrogens with two attached hydrogens (primary N) is 1. The molecule has 0 aliphatic heterocycles. The molecule has 0 bridgehead atoms. The first-order valence-corrected chi connectivity index (χ1v) is 4.51. The Hall–Kier alpha value is -0.760. The van der Waals surface area contributed by atoms with Crippen LogP contribution >= 0.6 is 11.6 Å². The maximum atomic E-state index is 5.78. The van der Waals surface area contributed by atoms with Gasteiger partial charge in [0.25, 0.3) is 0 Å². The van der Waals surface area contributed by atoms with Crippen molar-refractivity contribution in [2.45, 2.75) is 26.2 Å². The number of rotatable bonds is 3. The lowest BCUT2D eigenvalue weighted by atomic mass is 10.1. The van der Waals surface area contributed by atoms with E-state index in [-0.39, 0.29) is 0 Å². The minimum Gasteiger partial charge on any atom is -0.383 e. The zero-order valence-corrected chi connectivity index (χ0v) is 7.93. The van der Waals surface area contributed by atoms with Gasteiger partial charge in [0.15, 0.2) is 0 Å². The summed E-state index contributed by atoms with van der Waals surface area (Å²) >= 11 is 5.78. The molecule has 2 N–H and O–H groups in total. The number of halogens is 1. The molecule has 0 fully saturated rings. The Morgan fingerprint density at radius 3 is 3.00 bits per heavy atom. The number of hydrogen-bond acceptors (Lipinski definition) is 2. The van der Waals surface area contributed by atoms with Gasteiger partial charge < -0.3 is 5.73 Å². The van der Waals surface area contributed by atoms with Gasteiger partial charge in [0.2, 0.25) is 0 Å². The fourth-order valence-electron chi connectivity index (χ4n) is 1.06. The third-order valence-corrected chi connectivity index (χ3v) is 1.97. The van der Waals surface area contributed by atoms with Crippen LogP contribution in [0.15, 0.2) is 12.3 Å². The van der Waals surface area contributed by atoms with Crippen LogP contribution in [0.4, 0.5) is 5.82 Å².